The van der Waals surface area contributed by atoms with E-state index in [1.807, 2.05) is 6.07 Å². The molecule has 0 bridgehead atoms. The number of benzene rings is 1. The Morgan fingerprint density at radius 3 is 2.05 bits per heavy atom. The van der Waals surface area contributed by atoms with Crippen molar-refractivity contribution in [3.05, 3.63) is 29.8 Å². The predicted octanol–water partition coefficient (Wildman–Crippen LogP) is 2.96. The lowest BCUT2D eigenvalue weighted by Gasteiger charge is -2.25. The molecule has 0 heterocycles. The number of rotatable bonds is 7. The molecular formula is C16H24N2O2S. The molecule has 0 amide bonds. The van der Waals surface area contributed by atoms with Crippen LogP contribution in [0.15, 0.2) is 29.2 Å². The molecule has 0 aliphatic rings. The van der Waals surface area contributed by atoms with Crippen molar-refractivity contribution >= 4 is 10.0 Å². The van der Waals surface area contributed by atoms with E-state index in [-0.39, 0.29) is 11.3 Å². The SMILES string of the molecule is CC(C)C(CNS(=O)(=O)c1ccc(CC#N)cc1)C(C)C. The van der Waals surface area contributed by atoms with Crippen molar-refractivity contribution in [1.82, 2.24) is 4.72 Å². The minimum Gasteiger partial charge on any atom is -0.211 e. The van der Waals surface area contributed by atoms with Crippen molar-refractivity contribution < 1.29 is 8.42 Å². The van der Waals surface area contributed by atoms with Crippen LogP contribution in [0.4, 0.5) is 0 Å². The monoisotopic (exact) mass is 308 g/mol. The van der Waals surface area contributed by atoms with Crippen molar-refractivity contribution in [2.45, 2.75) is 39.0 Å². The molecule has 0 aliphatic heterocycles. The second-order valence-corrected chi connectivity index (χ2v) is 7.75. The van der Waals surface area contributed by atoms with Crippen LogP contribution in [0.1, 0.15) is 33.3 Å². The highest BCUT2D eigenvalue weighted by atomic mass is 32.2. The van der Waals surface area contributed by atoms with Crippen LogP contribution in [0.5, 0.6) is 0 Å². The van der Waals surface area contributed by atoms with E-state index >= 15 is 0 Å². The lowest BCUT2D eigenvalue weighted by atomic mass is 9.86. The van der Waals surface area contributed by atoms with Crippen LogP contribution in [0, 0.1) is 29.1 Å². The molecule has 5 heteroatoms. The van der Waals surface area contributed by atoms with E-state index < -0.39 is 10.0 Å². The maximum Gasteiger partial charge on any atom is 0.240 e. The molecule has 0 aromatic heterocycles. The zero-order valence-corrected chi connectivity index (χ0v) is 13.9. The van der Waals surface area contributed by atoms with Crippen molar-refractivity contribution in [3.63, 3.8) is 0 Å². The van der Waals surface area contributed by atoms with Gasteiger partial charge in [-0.2, -0.15) is 5.26 Å². The Bertz CT molecular complexity index is 576. The van der Waals surface area contributed by atoms with Crippen LogP contribution in [0.25, 0.3) is 0 Å². The van der Waals surface area contributed by atoms with Crippen molar-refractivity contribution in [3.8, 4) is 6.07 Å². The first-order valence-corrected chi connectivity index (χ1v) is 8.71. The van der Waals surface area contributed by atoms with Gasteiger partial charge >= 0.3 is 0 Å². The molecular weight excluding hydrogens is 284 g/mol. The summed E-state index contributed by atoms with van der Waals surface area (Å²) >= 11 is 0. The Kier molecular flexibility index (Phi) is 6.38. The van der Waals surface area contributed by atoms with Gasteiger partial charge in [-0.25, -0.2) is 13.1 Å². The molecule has 0 saturated heterocycles. The van der Waals surface area contributed by atoms with Gasteiger partial charge in [-0.1, -0.05) is 39.8 Å². The first kappa shape index (κ1) is 17.7. The number of hydrogen-bond donors (Lipinski definition) is 1. The second kappa shape index (κ2) is 7.58. The van der Waals surface area contributed by atoms with Crippen molar-refractivity contribution in [2.24, 2.45) is 17.8 Å². The van der Waals surface area contributed by atoms with Gasteiger partial charge in [-0.3, -0.25) is 0 Å². The maximum atomic E-state index is 12.3. The third kappa shape index (κ3) is 5.14. The van der Waals surface area contributed by atoms with E-state index in [2.05, 4.69) is 32.4 Å². The number of hydrogen-bond acceptors (Lipinski definition) is 3. The van der Waals surface area contributed by atoms with Gasteiger partial charge in [0.15, 0.2) is 0 Å². The van der Waals surface area contributed by atoms with E-state index in [4.69, 9.17) is 5.26 Å². The smallest absolute Gasteiger partial charge is 0.211 e. The standard InChI is InChI=1S/C16H24N2O2S/c1-12(2)16(13(3)4)11-18-21(19,20)15-7-5-14(6-8-15)9-10-17/h5-8,12-13,16,18H,9,11H2,1-4H3. The Hall–Kier alpha value is -1.38. The van der Waals surface area contributed by atoms with Crippen LogP contribution in [0.2, 0.25) is 0 Å². The third-order valence-corrected chi connectivity index (χ3v) is 5.18. The van der Waals surface area contributed by atoms with E-state index in [1.54, 1.807) is 24.3 Å². The van der Waals surface area contributed by atoms with E-state index in [9.17, 15) is 8.42 Å². The minimum atomic E-state index is -3.49. The molecule has 0 atom stereocenters. The summed E-state index contributed by atoms with van der Waals surface area (Å²) in [6, 6.07) is 8.50. The Morgan fingerprint density at radius 1 is 1.10 bits per heavy atom. The summed E-state index contributed by atoms with van der Waals surface area (Å²) in [6.45, 7) is 8.87. The molecule has 0 aliphatic carbocycles. The van der Waals surface area contributed by atoms with Gasteiger partial charge < -0.3 is 0 Å². The fourth-order valence-corrected chi connectivity index (χ4v) is 3.48. The van der Waals surface area contributed by atoms with Gasteiger partial charge in [0.05, 0.1) is 17.4 Å². The molecule has 0 spiro atoms. The number of nitriles is 1. The van der Waals surface area contributed by atoms with Gasteiger partial charge in [0, 0.05) is 6.54 Å². The quantitative estimate of drug-likeness (QED) is 0.842. The zero-order chi connectivity index (χ0) is 16.0. The Morgan fingerprint density at radius 2 is 1.62 bits per heavy atom. The summed E-state index contributed by atoms with van der Waals surface area (Å²) in [5.41, 5.74) is 0.818. The summed E-state index contributed by atoms with van der Waals surface area (Å²) in [6.07, 6.45) is 0.288. The van der Waals surface area contributed by atoms with Crippen LogP contribution in [-0.4, -0.2) is 15.0 Å². The number of nitrogens with zero attached hydrogens (tertiary/aromatic N) is 1. The van der Waals surface area contributed by atoms with Crippen LogP contribution in [-0.2, 0) is 16.4 Å². The second-order valence-electron chi connectivity index (χ2n) is 5.98. The summed E-state index contributed by atoms with van der Waals surface area (Å²) in [4.78, 5) is 0.246. The van der Waals surface area contributed by atoms with Gasteiger partial charge in [0.2, 0.25) is 10.0 Å². The summed E-state index contributed by atoms with van der Waals surface area (Å²) < 4.78 is 27.2. The normalized spacial score (nSPS) is 12.1. The van der Waals surface area contributed by atoms with Gasteiger partial charge in [-0.05, 0) is 35.4 Å². The fraction of sp³-hybridized carbons (Fsp3) is 0.562. The van der Waals surface area contributed by atoms with Gasteiger partial charge in [0.25, 0.3) is 0 Å². The Labute approximate surface area is 128 Å². The molecule has 1 aromatic carbocycles. The molecule has 1 aromatic rings. The third-order valence-electron chi connectivity index (χ3n) is 3.74. The minimum absolute atomic E-state index is 0.246. The highest BCUT2D eigenvalue weighted by Gasteiger charge is 2.21. The summed E-state index contributed by atoms with van der Waals surface area (Å²) in [5.74, 6) is 1.15. The molecule has 0 radical (unpaired) electrons. The van der Waals surface area contributed by atoms with E-state index in [1.165, 1.54) is 0 Å². The zero-order valence-electron chi connectivity index (χ0n) is 13.1. The van der Waals surface area contributed by atoms with Crippen molar-refractivity contribution in [1.29, 1.82) is 5.26 Å². The fourth-order valence-electron chi connectivity index (χ4n) is 2.41. The molecule has 1 N–H and O–H groups in total. The molecule has 116 valence electrons. The van der Waals surface area contributed by atoms with Gasteiger partial charge in [0.1, 0.15) is 0 Å². The predicted molar refractivity (Wildman–Crippen MR) is 84.1 cm³/mol. The van der Waals surface area contributed by atoms with Crippen molar-refractivity contribution in [2.75, 3.05) is 6.54 Å². The van der Waals surface area contributed by atoms with Gasteiger partial charge in [-0.15, -0.1) is 0 Å². The van der Waals surface area contributed by atoms with E-state index in [0.29, 0.717) is 24.3 Å². The largest absolute Gasteiger partial charge is 0.240 e. The van der Waals surface area contributed by atoms with Crippen LogP contribution in [0.3, 0.4) is 0 Å². The Balaban J connectivity index is 2.79. The summed E-state index contributed by atoms with van der Waals surface area (Å²) in [7, 11) is -3.49. The highest BCUT2D eigenvalue weighted by Crippen LogP contribution is 2.20. The maximum absolute atomic E-state index is 12.3. The number of nitrogens with one attached hydrogen (secondary N) is 1. The molecule has 1 rings (SSSR count). The average molecular weight is 308 g/mol. The molecule has 0 fully saturated rings. The first-order valence-electron chi connectivity index (χ1n) is 7.23. The topological polar surface area (TPSA) is 70.0 Å². The van der Waals surface area contributed by atoms with E-state index in [0.717, 1.165) is 5.56 Å². The molecule has 4 nitrogen and oxygen atoms in total. The van der Waals surface area contributed by atoms with Crippen LogP contribution < -0.4 is 4.72 Å². The lowest BCUT2D eigenvalue weighted by molar-refractivity contribution is 0.289. The molecule has 21 heavy (non-hydrogen) atoms. The average Bonchev–Trinajstić information content (AvgIpc) is 2.39. The lowest BCUT2D eigenvalue weighted by Crippen LogP contribution is -2.33. The first-order chi connectivity index (χ1) is 9.77. The summed E-state index contributed by atoms with van der Waals surface area (Å²) in [5, 5.41) is 8.62. The highest BCUT2D eigenvalue weighted by molar-refractivity contribution is 7.89. The van der Waals surface area contributed by atoms with Crippen LogP contribution >= 0.6 is 0 Å². The number of sulfonamides is 1. The molecule has 0 unspecified atom stereocenters. The molecule has 0 saturated carbocycles.